The van der Waals surface area contributed by atoms with E-state index < -0.39 is 21.4 Å². The van der Waals surface area contributed by atoms with Crippen molar-refractivity contribution >= 4 is 26.0 Å². The summed E-state index contributed by atoms with van der Waals surface area (Å²) in [5.41, 5.74) is -0.709. The second-order valence-corrected chi connectivity index (χ2v) is 6.47. The van der Waals surface area contributed by atoms with Crippen LogP contribution >= 0.6 is 15.9 Å². The van der Waals surface area contributed by atoms with Crippen molar-refractivity contribution in [2.24, 2.45) is 0 Å². The van der Waals surface area contributed by atoms with Crippen molar-refractivity contribution in [1.29, 1.82) is 0 Å². The smallest absolute Gasteiger partial charge is 0.207 e. The predicted molar refractivity (Wildman–Crippen MR) is 57.4 cm³/mol. The molecule has 2 rings (SSSR count). The summed E-state index contributed by atoms with van der Waals surface area (Å²) >= 11 is 3.04. The number of sulfonamides is 1. The maximum Gasteiger partial charge on any atom is 0.241 e. The molecule has 82 valence electrons. The van der Waals surface area contributed by atoms with Gasteiger partial charge in [0, 0.05) is 5.56 Å². The molecule has 0 amide bonds. The third-order valence-corrected chi connectivity index (χ3v) is 4.67. The van der Waals surface area contributed by atoms with Crippen LogP contribution in [-0.4, -0.2) is 8.42 Å². The SMILES string of the molecule is CC1(C)NS(=O)(=O)c2ccc(Br)c(F)c21. The molecule has 15 heavy (non-hydrogen) atoms. The van der Waals surface area contributed by atoms with E-state index in [0.29, 0.717) is 0 Å². The maximum atomic E-state index is 13.8. The van der Waals surface area contributed by atoms with E-state index in [-0.39, 0.29) is 14.9 Å². The molecule has 0 saturated heterocycles. The largest absolute Gasteiger partial charge is 0.241 e. The lowest BCUT2D eigenvalue weighted by Gasteiger charge is -2.18. The average Bonchev–Trinajstić information content (AvgIpc) is 2.24. The van der Waals surface area contributed by atoms with Crippen LogP contribution in [0.5, 0.6) is 0 Å². The normalized spacial score (nSPS) is 21.3. The minimum Gasteiger partial charge on any atom is -0.207 e. The fourth-order valence-electron chi connectivity index (χ4n) is 1.78. The average molecular weight is 294 g/mol. The molecule has 1 aromatic rings. The Morgan fingerprint density at radius 1 is 1.40 bits per heavy atom. The van der Waals surface area contributed by atoms with E-state index in [2.05, 4.69) is 20.7 Å². The van der Waals surface area contributed by atoms with Crippen molar-refractivity contribution in [3.05, 3.63) is 28.0 Å². The van der Waals surface area contributed by atoms with Crippen LogP contribution in [0.15, 0.2) is 21.5 Å². The van der Waals surface area contributed by atoms with Crippen molar-refractivity contribution in [2.45, 2.75) is 24.3 Å². The first-order chi connectivity index (χ1) is 6.76. The summed E-state index contributed by atoms with van der Waals surface area (Å²) in [4.78, 5) is 0.0215. The Labute approximate surface area is 95.9 Å². The van der Waals surface area contributed by atoms with Crippen molar-refractivity contribution in [3.63, 3.8) is 0 Å². The molecule has 0 atom stereocenters. The van der Waals surface area contributed by atoms with E-state index in [1.165, 1.54) is 12.1 Å². The van der Waals surface area contributed by atoms with Gasteiger partial charge in [-0.15, -0.1) is 0 Å². The van der Waals surface area contributed by atoms with Gasteiger partial charge in [0.05, 0.1) is 14.9 Å². The number of hydrogen-bond acceptors (Lipinski definition) is 2. The lowest BCUT2D eigenvalue weighted by atomic mass is 9.95. The zero-order chi connectivity index (χ0) is 11.4. The van der Waals surface area contributed by atoms with E-state index >= 15 is 0 Å². The highest BCUT2D eigenvalue weighted by atomic mass is 79.9. The standard InChI is InChI=1S/C9H9BrFNO2S/c1-9(2)7-6(15(13,14)12-9)4-3-5(10)8(7)11/h3-4,12H,1-2H3. The molecular weight excluding hydrogens is 285 g/mol. The minimum atomic E-state index is -3.56. The van der Waals surface area contributed by atoms with Crippen LogP contribution in [0.25, 0.3) is 0 Å². The molecule has 1 heterocycles. The summed E-state index contributed by atoms with van der Waals surface area (Å²) in [6, 6.07) is 2.80. The Morgan fingerprint density at radius 2 is 2.00 bits per heavy atom. The third-order valence-electron chi connectivity index (χ3n) is 2.36. The van der Waals surface area contributed by atoms with Gasteiger partial charge >= 0.3 is 0 Å². The van der Waals surface area contributed by atoms with Gasteiger partial charge in [0.2, 0.25) is 10.0 Å². The number of rotatable bonds is 0. The predicted octanol–water partition coefficient (Wildman–Crippen LogP) is 2.12. The summed E-state index contributed by atoms with van der Waals surface area (Å²) in [6.07, 6.45) is 0. The Hall–Kier alpha value is -0.460. The second kappa shape index (κ2) is 3.02. The zero-order valence-corrected chi connectivity index (χ0v) is 10.5. The van der Waals surface area contributed by atoms with Gasteiger partial charge in [0.1, 0.15) is 5.82 Å². The summed E-state index contributed by atoms with van der Waals surface area (Å²) in [6.45, 7) is 3.26. The molecule has 0 radical (unpaired) electrons. The van der Waals surface area contributed by atoms with E-state index in [1.54, 1.807) is 13.8 Å². The number of nitrogens with one attached hydrogen (secondary N) is 1. The third kappa shape index (κ3) is 1.51. The maximum absolute atomic E-state index is 13.8. The molecule has 0 bridgehead atoms. The molecule has 0 unspecified atom stereocenters. The molecule has 6 heteroatoms. The lowest BCUT2D eigenvalue weighted by molar-refractivity contribution is 0.462. The highest BCUT2D eigenvalue weighted by Crippen LogP contribution is 2.39. The Morgan fingerprint density at radius 3 is 2.60 bits per heavy atom. The van der Waals surface area contributed by atoms with Crippen LogP contribution in [-0.2, 0) is 15.6 Å². The van der Waals surface area contributed by atoms with Gasteiger partial charge in [0.15, 0.2) is 0 Å². The molecule has 1 aromatic carbocycles. The van der Waals surface area contributed by atoms with E-state index in [0.717, 1.165) is 0 Å². The van der Waals surface area contributed by atoms with E-state index in [9.17, 15) is 12.8 Å². The van der Waals surface area contributed by atoms with Gasteiger partial charge in [-0.25, -0.2) is 17.5 Å². The fraction of sp³-hybridized carbons (Fsp3) is 0.333. The van der Waals surface area contributed by atoms with E-state index in [1.807, 2.05) is 0 Å². The van der Waals surface area contributed by atoms with Crippen molar-refractivity contribution in [3.8, 4) is 0 Å². The van der Waals surface area contributed by atoms with Crippen molar-refractivity contribution < 1.29 is 12.8 Å². The minimum absolute atomic E-state index is 0.0215. The van der Waals surface area contributed by atoms with Crippen molar-refractivity contribution in [1.82, 2.24) is 4.72 Å². The Kier molecular flexibility index (Phi) is 2.22. The van der Waals surface area contributed by atoms with Gasteiger partial charge < -0.3 is 0 Å². The number of fused-ring (bicyclic) bond motifs is 1. The molecular formula is C9H9BrFNO2S. The first-order valence-corrected chi connectivity index (χ1v) is 6.56. The summed E-state index contributed by atoms with van der Waals surface area (Å²) in [7, 11) is -3.56. The van der Waals surface area contributed by atoms with Crippen LogP contribution in [0.3, 0.4) is 0 Å². The number of benzene rings is 1. The number of hydrogen-bond donors (Lipinski definition) is 1. The highest BCUT2D eigenvalue weighted by Gasteiger charge is 2.42. The Bertz CT molecular complexity index is 539. The molecule has 0 saturated carbocycles. The van der Waals surface area contributed by atoms with Crippen LogP contribution in [0.2, 0.25) is 0 Å². The first-order valence-electron chi connectivity index (χ1n) is 4.28. The van der Waals surface area contributed by atoms with Gasteiger partial charge in [-0.2, -0.15) is 0 Å². The quantitative estimate of drug-likeness (QED) is 0.796. The molecule has 3 nitrogen and oxygen atoms in total. The topological polar surface area (TPSA) is 46.2 Å². The lowest BCUT2D eigenvalue weighted by Crippen LogP contribution is -2.33. The highest BCUT2D eigenvalue weighted by molar-refractivity contribution is 9.10. The second-order valence-electron chi connectivity index (χ2n) is 3.97. The summed E-state index contributed by atoms with van der Waals surface area (Å²) in [5, 5.41) is 0. The molecule has 1 aliphatic heterocycles. The summed E-state index contributed by atoms with van der Waals surface area (Å²) in [5.74, 6) is -0.522. The van der Waals surface area contributed by atoms with E-state index in [4.69, 9.17) is 0 Å². The summed E-state index contributed by atoms with van der Waals surface area (Å²) < 4.78 is 39.8. The van der Waals surface area contributed by atoms with Gasteiger partial charge in [-0.3, -0.25) is 0 Å². The monoisotopic (exact) mass is 293 g/mol. The molecule has 0 fully saturated rings. The zero-order valence-electron chi connectivity index (χ0n) is 8.14. The molecule has 0 spiro atoms. The Balaban J connectivity index is 2.88. The van der Waals surface area contributed by atoms with Gasteiger partial charge in [0.25, 0.3) is 0 Å². The molecule has 1 N–H and O–H groups in total. The van der Waals surface area contributed by atoms with Crippen LogP contribution in [0, 0.1) is 5.82 Å². The molecule has 0 aliphatic carbocycles. The van der Waals surface area contributed by atoms with Crippen LogP contribution < -0.4 is 4.72 Å². The van der Waals surface area contributed by atoms with Gasteiger partial charge in [-0.05, 0) is 41.9 Å². The fourth-order valence-corrected chi connectivity index (χ4v) is 3.86. The molecule has 1 aliphatic rings. The van der Waals surface area contributed by atoms with Crippen LogP contribution in [0.1, 0.15) is 19.4 Å². The molecule has 0 aromatic heterocycles. The van der Waals surface area contributed by atoms with Gasteiger partial charge in [-0.1, -0.05) is 0 Å². The first kappa shape index (κ1) is 11.0. The number of halogens is 2. The van der Waals surface area contributed by atoms with Crippen molar-refractivity contribution in [2.75, 3.05) is 0 Å². The van der Waals surface area contributed by atoms with Crippen LogP contribution in [0.4, 0.5) is 4.39 Å².